The van der Waals surface area contributed by atoms with Crippen molar-refractivity contribution in [3.8, 4) is 0 Å². The lowest BCUT2D eigenvalue weighted by Gasteiger charge is -2.11. The van der Waals surface area contributed by atoms with E-state index >= 15 is 0 Å². The van der Waals surface area contributed by atoms with E-state index in [-0.39, 0.29) is 10.2 Å². The molecule has 0 fully saturated rings. The molecule has 0 saturated carbocycles. The van der Waals surface area contributed by atoms with Crippen LogP contribution in [0.1, 0.15) is 5.56 Å². The summed E-state index contributed by atoms with van der Waals surface area (Å²) in [6, 6.07) is 2.84. The van der Waals surface area contributed by atoms with E-state index in [1.54, 1.807) is 0 Å². The average molecular weight is 397 g/mol. The molecule has 0 aliphatic rings. The Morgan fingerprint density at radius 2 is 1.82 bits per heavy atom. The van der Waals surface area contributed by atoms with Crippen LogP contribution in [0.5, 0.6) is 0 Å². The fraction of sp³-hybridized carbons (Fsp3) is 0.250. The molecule has 1 N–H and O–H groups in total. The van der Waals surface area contributed by atoms with Crippen molar-refractivity contribution in [3.05, 3.63) is 28.2 Å². The number of benzene rings is 1. The summed E-state index contributed by atoms with van der Waals surface area (Å²) in [5.74, 6) is 0. The van der Waals surface area contributed by atoms with Gasteiger partial charge in [-0.25, -0.2) is 8.42 Å². The predicted octanol–water partition coefficient (Wildman–Crippen LogP) is 3.56. The first kappa shape index (κ1) is 14.8. The van der Waals surface area contributed by atoms with Crippen molar-refractivity contribution >= 4 is 47.6 Å². The quantitative estimate of drug-likeness (QED) is 0.794. The van der Waals surface area contributed by atoms with Crippen LogP contribution in [0.3, 0.4) is 0 Å². The van der Waals surface area contributed by atoms with Crippen LogP contribution >= 0.6 is 31.9 Å². The summed E-state index contributed by atoms with van der Waals surface area (Å²) in [7, 11) is -3.67. The highest BCUT2D eigenvalue weighted by atomic mass is 79.9. The van der Waals surface area contributed by atoms with Crippen LogP contribution < -0.4 is 4.72 Å². The molecule has 0 radical (unpaired) electrons. The molecular formula is C8H6Br2F3NO2S. The van der Waals surface area contributed by atoms with Gasteiger partial charge in [-0.1, -0.05) is 31.9 Å². The third kappa shape index (κ3) is 4.47. The van der Waals surface area contributed by atoms with Gasteiger partial charge in [0.2, 0.25) is 10.0 Å². The van der Waals surface area contributed by atoms with E-state index in [1.807, 2.05) is 4.72 Å². The van der Waals surface area contributed by atoms with E-state index in [1.165, 1.54) is 6.07 Å². The van der Waals surface area contributed by atoms with Crippen LogP contribution in [-0.4, -0.2) is 13.1 Å². The van der Waals surface area contributed by atoms with E-state index < -0.39 is 26.4 Å². The minimum absolute atomic E-state index is 0.139. The second-order valence-corrected chi connectivity index (χ2v) is 6.99. The van der Waals surface area contributed by atoms with Gasteiger partial charge in [-0.3, -0.25) is 4.72 Å². The minimum Gasteiger partial charge on any atom is -0.283 e. The van der Waals surface area contributed by atoms with Gasteiger partial charge in [0.25, 0.3) is 0 Å². The molecule has 96 valence electrons. The molecule has 0 aromatic heterocycles. The number of hydrogen-bond donors (Lipinski definition) is 1. The minimum atomic E-state index is -4.53. The second kappa shape index (κ2) is 5.15. The zero-order chi connectivity index (χ0) is 13.3. The largest absolute Gasteiger partial charge is 0.416 e. The summed E-state index contributed by atoms with van der Waals surface area (Å²) in [5.41, 5.74) is -1.08. The van der Waals surface area contributed by atoms with E-state index in [0.29, 0.717) is 0 Å². The van der Waals surface area contributed by atoms with Crippen LogP contribution in [0.4, 0.5) is 18.9 Å². The molecule has 9 heteroatoms. The van der Waals surface area contributed by atoms with Crippen molar-refractivity contribution < 1.29 is 21.6 Å². The van der Waals surface area contributed by atoms with Gasteiger partial charge in [-0.15, -0.1) is 0 Å². The summed E-state index contributed by atoms with van der Waals surface area (Å²) in [5, 5.41) is 0. The van der Waals surface area contributed by atoms with Gasteiger partial charge in [0.1, 0.15) is 4.66 Å². The predicted molar refractivity (Wildman–Crippen MR) is 65.5 cm³/mol. The van der Waals surface area contributed by atoms with Crippen molar-refractivity contribution in [2.24, 2.45) is 0 Å². The topological polar surface area (TPSA) is 46.2 Å². The molecule has 0 heterocycles. The molecule has 3 nitrogen and oxygen atoms in total. The molecule has 0 bridgehead atoms. The molecule has 17 heavy (non-hydrogen) atoms. The van der Waals surface area contributed by atoms with E-state index in [0.717, 1.165) is 12.1 Å². The molecule has 1 aromatic carbocycles. The molecule has 0 aliphatic heterocycles. The molecule has 1 aromatic rings. The molecule has 0 spiro atoms. The van der Waals surface area contributed by atoms with E-state index in [9.17, 15) is 21.6 Å². The maximum absolute atomic E-state index is 12.5. The fourth-order valence-electron chi connectivity index (χ4n) is 1.02. The first-order chi connectivity index (χ1) is 7.64. The molecule has 0 amide bonds. The summed E-state index contributed by atoms with van der Waals surface area (Å²) in [6.07, 6.45) is -4.53. The maximum atomic E-state index is 12.5. The first-order valence-electron chi connectivity index (χ1n) is 4.08. The highest BCUT2D eigenvalue weighted by molar-refractivity contribution is 9.11. The number of alkyl halides is 4. The molecule has 1 rings (SSSR count). The average Bonchev–Trinajstić information content (AvgIpc) is 2.14. The van der Waals surface area contributed by atoms with E-state index in [2.05, 4.69) is 31.9 Å². The Morgan fingerprint density at radius 1 is 1.24 bits per heavy atom. The molecule has 0 atom stereocenters. The Kier molecular flexibility index (Phi) is 4.48. The molecule has 0 unspecified atom stereocenters. The van der Waals surface area contributed by atoms with E-state index in [4.69, 9.17) is 0 Å². The van der Waals surface area contributed by atoms with Gasteiger partial charge in [-0.05, 0) is 18.2 Å². The van der Waals surface area contributed by atoms with Gasteiger partial charge in [0, 0.05) is 4.47 Å². The summed E-state index contributed by atoms with van der Waals surface area (Å²) in [6.45, 7) is 0. The van der Waals surface area contributed by atoms with Crippen molar-refractivity contribution in [1.82, 2.24) is 0 Å². The number of halogens is 5. The van der Waals surface area contributed by atoms with Crippen LogP contribution in [0.15, 0.2) is 22.7 Å². The number of hydrogen-bond acceptors (Lipinski definition) is 2. The van der Waals surface area contributed by atoms with Gasteiger partial charge < -0.3 is 0 Å². The van der Waals surface area contributed by atoms with Crippen LogP contribution in [0.2, 0.25) is 0 Å². The van der Waals surface area contributed by atoms with Crippen molar-refractivity contribution in [2.75, 3.05) is 9.38 Å². The lowest BCUT2D eigenvalue weighted by Crippen LogP contribution is -2.14. The van der Waals surface area contributed by atoms with Crippen LogP contribution in [-0.2, 0) is 16.2 Å². The van der Waals surface area contributed by atoms with Gasteiger partial charge in [-0.2, -0.15) is 13.2 Å². The molecule has 0 aliphatic carbocycles. The third-order valence-electron chi connectivity index (χ3n) is 1.64. The molecule has 0 saturated heterocycles. The van der Waals surface area contributed by atoms with Crippen molar-refractivity contribution in [3.63, 3.8) is 0 Å². The SMILES string of the molecule is O=S(=O)(CBr)Nc1cc(Br)cc(C(F)(F)F)c1. The van der Waals surface area contributed by atoms with Gasteiger partial charge in [0.05, 0.1) is 11.3 Å². The smallest absolute Gasteiger partial charge is 0.283 e. The number of rotatable bonds is 3. The zero-order valence-electron chi connectivity index (χ0n) is 8.05. The zero-order valence-corrected chi connectivity index (χ0v) is 12.0. The monoisotopic (exact) mass is 395 g/mol. The highest BCUT2D eigenvalue weighted by Crippen LogP contribution is 2.33. The summed E-state index contributed by atoms with van der Waals surface area (Å²) < 4.78 is 61.5. The lowest BCUT2D eigenvalue weighted by atomic mass is 10.2. The number of anilines is 1. The Hall–Kier alpha value is -0.280. The standard InChI is InChI=1S/C8H6Br2F3NO2S/c9-4-17(15,16)14-7-2-5(8(11,12)13)1-6(10)3-7/h1-3,14H,4H2. The normalized spacial score (nSPS) is 12.5. The Labute approximate surface area is 113 Å². The second-order valence-electron chi connectivity index (χ2n) is 3.05. The number of sulfonamides is 1. The Balaban J connectivity index is 3.15. The van der Waals surface area contributed by atoms with Crippen molar-refractivity contribution in [2.45, 2.75) is 6.18 Å². The maximum Gasteiger partial charge on any atom is 0.416 e. The van der Waals surface area contributed by atoms with Crippen LogP contribution in [0, 0.1) is 0 Å². The van der Waals surface area contributed by atoms with Gasteiger partial charge >= 0.3 is 6.18 Å². The third-order valence-corrected chi connectivity index (χ3v) is 4.74. The lowest BCUT2D eigenvalue weighted by molar-refractivity contribution is -0.137. The fourth-order valence-corrected chi connectivity index (χ4v) is 2.39. The van der Waals surface area contributed by atoms with Crippen LogP contribution in [0.25, 0.3) is 0 Å². The Morgan fingerprint density at radius 3 is 2.29 bits per heavy atom. The highest BCUT2D eigenvalue weighted by Gasteiger charge is 2.31. The molecular weight excluding hydrogens is 391 g/mol. The first-order valence-corrected chi connectivity index (χ1v) is 7.65. The number of nitrogens with one attached hydrogen (secondary N) is 1. The Bertz CT molecular complexity index is 516. The van der Waals surface area contributed by atoms with Gasteiger partial charge in [0.15, 0.2) is 0 Å². The van der Waals surface area contributed by atoms with Crippen molar-refractivity contribution in [1.29, 1.82) is 0 Å². The summed E-state index contributed by atoms with van der Waals surface area (Å²) in [4.78, 5) is 0. The summed E-state index contributed by atoms with van der Waals surface area (Å²) >= 11 is 5.61.